The maximum Gasteiger partial charge on any atom is 0.0997 e. The van der Waals surface area contributed by atoms with Crippen LogP contribution in [0.3, 0.4) is 0 Å². The third-order valence-corrected chi connectivity index (χ3v) is 3.87. The van der Waals surface area contributed by atoms with Gasteiger partial charge in [0, 0.05) is 17.4 Å². The first-order chi connectivity index (χ1) is 9.67. The van der Waals surface area contributed by atoms with Crippen molar-refractivity contribution >= 4 is 0 Å². The van der Waals surface area contributed by atoms with Crippen molar-refractivity contribution in [1.82, 2.24) is 14.9 Å². The molecule has 3 nitrogen and oxygen atoms in total. The molecule has 0 saturated heterocycles. The van der Waals surface area contributed by atoms with Crippen molar-refractivity contribution in [2.45, 2.75) is 46.6 Å². The van der Waals surface area contributed by atoms with Crippen LogP contribution in [0.2, 0.25) is 0 Å². The van der Waals surface area contributed by atoms with E-state index in [0.29, 0.717) is 6.04 Å². The molecule has 1 aromatic heterocycles. The van der Waals surface area contributed by atoms with Gasteiger partial charge < -0.3 is 9.88 Å². The van der Waals surface area contributed by atoms with Gasteiger partial charge in [-0.2, -0.15) is 0 Å². The van der Waals surface area contributed by atoms with Gasteiger partial charge in [0.2, 0.25) is 0 Å². The van der Waals surface area contributed by atoms with E-state index in [2.05, 4.69) is 59.9 Å². The van der Waals surface area contributed by atoms with Crippen LogP contribution < -0.4 is 5.32 Å². The van der Waals surface area contributed by atoms with E-state index < -0.39 is 0 Å². The van der Waals surface area contributed by atoms with Crippen LogP contribution in [0.15, 0.2) is 30.6 Å². The van der Waals surface area contributed by atoms with E-state index in [1.54, 1.807) is 0 Å². The van der Waals surface area contributed by atoms with Gasteiger partial charge in [0.25, 0.3) is 0 Å². The normalized spacial score (nSPS) is 12.6. The molecule has 3 heteroatoms. The molecule has 0 aliphatic heterocycles. The Bertz CT molecular complexity index is 540. The van der Waals surface area contributed by atoms with Crippen molar-refractivity contribution in [3.63, 3.8) is 0 Å². The maximum atomic E-state index is 4.36. The number of rotatable bonds is 6. The molecule has 1 unspecified atom stereocenters. The lowest BCUT2D eigenvalue weighted by atomic mass is 10.0. The molecular formula is C17H25N3. The second-order valence-corrected chi connectivity index (χ2v) is 5.29. The number of imidazole rings is 1. The van der Waals surface area contributed by atoms with Gasteiger partial charge in [-0.3, -0.25) is 0 Å². The minimum absolute atomic E-state index is 0.453. The summed E-state index contributed by atoms with van der Waals surface area (Å²) in [7, 11) is 0. The van der Waals surface area contributed by atoms with Gasteiger partial charge in [0.05, 0.1) is 12.0 Å². The molecule has 108 valence electrons. The van der Waals surface area contributed by atoms with E-state index in [4.69, 9.17) is 0 Å². The first-order valence-electron chi connectivity index (χ1n) is 7.51. The minimum Gasteiger partial charge on any atom is -0.310 e. The van der Waals surface area contributed by atoms with Crippen molar-refractivity contribution in [2.24, 2.45) is 0 Å². The smallest absolute Gasteiger partial charge is 0.0997 e. The van der Waals surface area contributed by atoms with Gasteiger partial charge in [-0.1, -0.05) is 26.0 Å². The van der Waals surface area contributed by atoms with E-state index >= 15 is 0 Å². The largest absolute Gasteiger partial charge is 0.310 e. The topological polar surface area (TPSA) is 29.9 Å². The number of aromatic nitrogens is 2. The number of aryl methyl sites for hydroxylation is 1. The zero-order valence-electron chi connectivity index (χ0n) is 13.0. The fraction of sp³-hybridized carbons (Fsp3) is 0.471. The zero-order valence-corrected chi connectivity index (χ0v) is 13.0. The van der Waals surface area contributed by atoms with Gasteiger partial charge in [-0.05, 0) is 50.9 Å². The molecule has 0 bridgehead atoms. The average molecular weight is 271 g/mol. The predicted octanol–water partition coefficient (Wildman–Crippen LogP) is 3.94. The molecule has 0 amide bonds. The number of benzene rings is 1. The van der Waals surface area contributed by atoms with E-state index in [9.17, 15) is 0 Å². The van der Waals surface area contributed by atoms with Crippen molar-refractivity contribution in [3.8, 4) is 5.69 Å². The molecule has 2 rings (SSSR count). The molecule has 0 saturated carbocycles. The van der Waals surface area contributed by atoms with Crippen molar-refractivity contribution in [2.75, 3.05) is 6.54 Å². The van der Waals surface area contributed by atoms with E-state index in [1.807, 2.05) is 13.3 Å². The summed E-state index contributed by atoms with van der Waals surface area (Å²) in [4.78, 5) is 4.36. The lowest BCUT2D eigenvalue weighted by molar-refractivity contribution is 0.518. The molecule has 1 aromatic carbocycles. The van der Waals surface area contributed by atoms with Crippen LogP contribution in [0.1, 0.15) is 49.7 Å². The second kappa shape index (κ2) is 6.71. The van der Waals surface area contributed by atoms with Crippen LogP contribution in [0.25, 0.3) is 5.69 Å². The Morgan fingerprint density at radius 1 is 1.15 bits per heavy atom. The molecule has 20 heavy (non-hydrogen) atoms. The third kappa shape index (κ3) is 3.10. The molecule has 0 spiro atoms. The van der Waals surface area contributed by atoms with Gasteiger partial charge in [0.1, 0.15) is 0 Å². The highest BCUT2D eigenvalue weighted by Crippen LogP contribution is 2.20. The maximum absolute atomic E-state index is 4.36. The zero-order chi connectivity index (χ0) is 14.5. The van der Waals surface area contributed by atoms with Crippen molar-refractivity contribution < 1.29 is 0 Å². The van der Waals surface area contributed by atoms with E-state index in [1.165, 1.54) is 23.4 Å². The fourth-order valence-electron chi connectivity index (χ4n) is 2.44. The highest BCUT2D eigenvalue weighted by molar-refractivity contribution is 5.38. The van der Waals surface area contributed by atoms with E-state index in [0.717, 1.165) is 18.7 Å². The Kier molecular flexibility index (Phi) is 4.96. The van der Waals surface area contributed by atoms with Gasteiger partial charge in [0.15, 0.2) is 0 Å². The average Bonchev–Trinajstić information content (AvgIpc) is 2.81. The summed E-state index contributed by atoms with van der Waals surface area (Å²) in [6.45, 7) is 9.65. The molecule has 1 heterocycles. The Morgan fingerprint density at radius 2 is 1.85 bits per heavy atom. The molecule has 0 radical (unpaired) electrons. The van der Waals surface area contributed by atoms with Crippen LogP contribution >= 0.6 is 0 Å². The molecule has 0 aliphatic rings. The summed E-state index contributed by atoms with van der Waals surface area (Å²) >= 11 is 0. The monoisotopic (exact) mass is 271 g/mol. The third-order valence-electron chi connectivity index (χ3n) is 3.87. The lowest BCUT2D eigenvalue weighted by Gasteiger charge is -2.17. The molecule has 1 atom stereocenters. The molecule has 1 N–H and O–H groups in total. The van der Waals surface area contributed by atoms with Gasteiger partial charge >= 0.3 is 0 Å². The highest BCUT2D eigenvalue weighted by atomic mass is 15.1. The van der Waals surface area contributed by atoms with Crippen LogP contribution in [0.4, 0.5) is 0 Å². The summed E-state index contributed by atoms with van der Waals surface area (Å²) in [6.07, 6.45) is 4.18. The quantitative estimate of drug-likeness (QED) is 0.862. The Labute approximate surface area is 122 Å². The van der Waals surface area contributed by atoms with Crippen molar-refractivity contribution in [3.05, 3.63) is 47.5 Å². The number of hydrogen-bond donors (Lipinski definition) is 1. The molecule has 0 fully saturated rings. The fourth-order valence-corrected chi connectivity index (χ4v) is 2.44. The van der Waals surface area contributed by atoms with Crippen molar-refractivity contribution in [1.29, 1.82) is 0 Å². The minimum atomic E-state index is 0.453. The first kappa shape index (κ1) is 14.8. The van der Waals surface area contributed by atoms with Crippen LogP contribution in [-0.4, -0.2) is 16.1 Å². The Hall–Kier alpha value is -1.61. The molecular weight excluding hydrogens is 246 g/mol. The predicted molar refractivity (Wildman–Crippen MR) is 84.4 cm³/mol. The summed E-state index contributed by atoms with van der Waals surface area (Å²) in [5.41, 5.74) is 4.83. The highest BCUT2D eigenvalue weighted by Gasteiger charge is 2.09. The van der Waals surface area contributed by atoms with Gasteiger partial charge in [-0.15, -0.1) is 0 Å². The first-order valence-corrected chi connectivity index (χ1v) is 7.51. The Balaban J connectivity index is 2.19. The van der Waals surface area contributed by atoms with E-state index in [-0.39, 0.29) is 0 Å². The lowest BCUT2D eigenvalue weighted by Crippen LogP contribution is -2.21. The number of hydrogen-bond acceptors (Lipinski definition) is 2. The number of nitrogens with zero attached hydrogens (tertiary/aromatic N) is 2. The summed E-state index contributed by atoms with van der Waals surface area (Å²) in [6, 6.07) is 9.26. The summed E-state index contributed by atoms with van der Waals surface area (Å²) in [5, 5.41) is 3.59. The molecule has 2 aromatic rings. The summed E-state index contributed by atoms with van der Waals surface area (Å²) < 4.78 is 2.14. The van der Waals surface area contributed by atoms with Crippen LogP contribution in [-0.2, 0) is 0 Å². The van der Waals surface area contributed by atoms with Gasteiger partial charge in [-0.25, -0.2) is 4.98 Å². The summed E-state index contributed by atoms with van der Waals surface area (Å²) in [5.74, 6) is 0. The number of nitrogens with one attached hydrogen (secondary N) is 1. The SMILES string of the molecule is CCCNC(CC)c1ccc(-n2cnc(C)c2C)cc1. The Morgan fingerprint density at radius 3 is 2.35 bits per heavy atom. The van der Waals surface area contributed by atoms with Crippen LogP contribution in [0, 0.1) is 13.8 Å². The van der Waals surface area contributed by atoms with Crippen LogP contribution in [0.5, 0.6) is 0 Å². The standard InChI is InChI=1S/C17H25N3/c1-5-11-18-17(6-2)15-7-9-16(10-8-15)20-12-19-13(3)14(20)4/h7-10,12,17-18H,5-6,11H2,1-4H3. The second-order valence-electron chi connectivity index (χ2n) is 5.29. The molecule has 0 aliphatic carbocycles.